The third-order valence-corrected chi connectivity index (χ3v) is 5.49. The highest BCUT2D eigenvalue weighted by Gasteiger charge is 2.29. The van der Waals surface area contributed by atoms with Crippen molar-refractivity contribution in [3.63, 3.8) is 0 Å². The minimum Gasteiger partial charge on any atom is -0.354 e. The van der Waals surface area contributed by atoms with E-state index in [9.17, 15) is 14.0 Å². The Balaban J connectivity index is 1.52. The van der Waals surface area contributed by atoms with E-state index in [1.165, 1.54) is 12.1 Å². The van der Waals surface area contributed by atoms with Crippen LogP contribution in [0.5, 0.6) is 0 Å². The van der Waals surface area contributed by atoms with Crippen molar-refractivity contribution in [2.45, 2.75) is 44.6 Å². The molecule has 0 spiro atoms. The van der Waals surface area contributed by atoms with Crippen LogP contribution < -0.4 is 10.6 Å². The predicted octanol–water partition coefficient (Wildman–Crippen LogP) is 2.04. The Morgan fingerprint density at radius 2 is 2.19 bits per heavy atom. The van der Waals surface area contributed by atoms with Crippen LogP contribution in [0.1, 0.15) is 44.1 Å². The highest BCUT2D eigenvalue weighted by Crippen LogP contribution is 2.23. The van der Waals surface area contributed by atoms with Crippen LogP contribution in [0, 0.1) is 11.7 Å². The second-order valence-electron chi connectivity index (χ2n) is 7.46. The van der Waals surface area contributed by atoms with Crippen LogP contribution in [0.2, 0.25) is 0 Å². The van der Waals surface area contributed by atoms with E-state index in [4.69, 9.17) is 0 Å². The first-order chi connectivity index (χ1) is 12.5. The van der Waals surface area contributed by atoms with Crippen molar-refractivity contribution < 1.29 is 14.0 Å². The maximum absolute atomic E-state index is 13.4. The van der Waals surface area contributed by atoms with Crippen LogP contribution in [0.15, 0.2) is 24.3 Å². The van der Waals surface area contributed by atoms with Crippen LogP contribution in [-0.4, -0.2) is 48.9 Å². The van der Waals surface area contributed by atoms with Crippen molar-refractivity contribution in [1.82, 2.24) is 15.5 Å². The summed E-state index contributed by atoms with van der Waals surface area (Å²) in [5.74, 6) is -0.301. The Bertz CT molecular complexity index is 646. The Morgan fingerprint density at radius 3 is 2.92 bits per heavy atom. The number of halogens is 1. The van der Waals surface area contributed by atoms with E-state index in [0.717, 1.165) is 38.8 Å². The third kappa shape index (κ3) is 4.61. The van der Waals surface area contributed by atoms with Crippen molar-refractivity contribution in [1.29, 1.82) is 0 Å². The summed E-state index contributed by atoms with van der Waals surface area (Å²) in [6, 6.07) is 6.18. The van der Waals surface area contributed by atoms with Gasteiger partial charge in [-0.25, -0.2) is 4.39 Å². The zero-order valence-corrected chi connectivity index (χ0v) is 15.3. The van der Waals surface area contributed by atoms with Gasteiger partial charge in [-0.2, -0.15) is 0 Å². The lowest BCUT2D eigenvalue weighted by atomic mass is 9.94. The normalized spacial score (nSPS) is 24.3. The van der Waals surface area contributed by atoms with Gasteiger partial charge in [-0.1, -0.05) is 12.1 Å². The van der Waals surface area contributed by atoms with Crippen molar-refractivity contribution in [2.75, 3.05) is 26.2 Å². The number of carbonyl (C=O) groups is 2. The summed E-state index contributed by atoms with van der Waals surface area (Å²) in [6.07, 6.45) is 3.88. The van der Waals surface area contributed by atoms with E-state index >= 15 is 0 Å². The van der Waals surface area contributed by atoms with Gasteiger partial charge in [0.05, 0.1) is 12.0 Å². The molecule has 2 fully saturated rings. The van der Waals surface area contributed by atoms with Gasteiger partial charge in [0.25, 0.3) is 0 Å². The maximum Gasteiger partial charge on any atom is 0.237 e. The fourth-order valence-electron chi connectivity index (χ4n) is 3.90. The molecule has 1 aromatic carbocycles. The molecule has 2 saturated heterocycles. The number of nitrogens with zero attached hydrogens (tertiary/aromatic N) is 1. The quantitative estimate of drug-likeness (QED) is 0.844. The first-order valence-corrected chi connectivity index (χ1v) is 9.60. The summed E-state index contributed by atoms with van der Waals surface area (Å²) >= 11 is 0. The molecular formula is C20H28FN3O2. The molecule has 2 aliphatic heterocycles. The number of hydrogen-bond acceptors (Lipinski definition) is 3. The highest BCUT2D eigenvalue weighted by atomic mass is 19.1. The number of amides is 2. The molecule has 6 heteroatoms. The van der Waals surface area contributed by atoms with E-state index in [2.05, 4.69) is 10.6 Å². The molecule has 2 N–H and O–H groups in total. The molecule has 3 unspecified atom stereocenters. The second-order valence-corrected chi connectivity index (χ2v) is 7.46. The summed E-state index contributed by atoms with van der Waals surface area (Å²) in [4.78, 5) is 26.8. The molecule has 5 nitrogen and oxygen atoms in total. The van der Waals surface area contributed by atoms with E-state index < -0.39 is 0 Å². The fourth-order valence-corrected chi connectivity index (χ4v) is 3.90. The molecule has 26 heavy (non-hydrogen) atoms. The molecule has 142 valence electrons. The molecule has 2 heterocycles. The smallest absolute Gasteiger partial charge is 0.237 e. The summed E-state index contributed by atoms with van der Waals surface area (Å²) in [5, 5.41) is 6.23. The van der Waals surface area contributed by atoms with E-state index in [0.29, 0.717) is 18.7 Å². The Labute approximate surface area is 154 Å². The van der Waals surface area contributed by atoms with Gasteiger partial charge < -0.3 is 15.5 Å². The van der Waals surface area contributed by atoms with Gasteiger partial charge in [0, 0.05) is 19.6 Å². The van der Waals surface area contributed by atoms with Crippen LogP contribution in [-0.2, 0) is 9.59 Å². The molecule has 3 atom stereocenters. The molecule has 0 bridgehead atoms. The molecule has 1 aromatic rings. The standard InChI is InChI=1S/C20H28FN3O2/c1-14(16-6-2-7-17(21)11-16)20(26)24-10-4-5-15(13-24)12-23-19(25)18-8-3-9-22-18/h2,6-7,11,14-15,18,22H,3-5,8-10,12-13H2,1H3,(H,23,25). The molecule has 0 aromatic heterocycles. The molecule has 3 rings (SSSR count). The van der Waals surface area contributed by atoms with Crippen molar-refractivity contribution in [3.8, 4) is 0 Å². The van der Waals surface area contributed by atoms with Gasteiger partial charge in [0.2, 0.25) is 11.8 Å². The number of likely N-dealkylation sites (tertiary alicyclic amines) is 1. The van der Waals surface area contributed by atoms with Gasteiger partial charge in [0.1, 0.15) is 5.82 Å². The van der Waals surface area contributed by atoms with E-state index in [1.807, 2.05) is 11.8 Å². The number of piperidine rings is 1. The first kappa shape index (κ1) is 18.8. The number of nitrogens with one attached hydrogen (secondary N) is 2. The predicted molar refractivity (Wildman–Crippen MR) is 98.2 cm³/mol. The fraction of sp³-hybridized carbons (Fsp3) is 0.600. The summed E-state index contributed by atoms with van der Waals surface area (Å²) in [5.41, 5.74) is 0.706. The summed E-state index contributed by atoms with van der Waals surface area (Å²) in [6.45, 7) is 4.72. The van der Waals surface area contributed by atoms with Crippen LogP contribution in [0.3, 0.4) is 0 Å². The number of rotatable bonds is 5. The molecule has 0 aliphatic carbocycles. The first-order valence-electron chi connectivity index (χ1n) is 9.60. The Hall–Kier alpha value is -1.95. The lowest BCUT2D eigenvalue weighted by molar-refractivity contribution is -0.134. The van der Waals surface area contributed by atoms with Crippen LogP contribution in [0.4, 0.5) is 4.39 Å². The number of benzene rings is 1. The summed E-state index contributed by atoms with van der Waals surface area (Å²) < 4.78 is 13.4. The SMILES string of the molecule is CC(C(=O)N1CCCC(CNC(=O)C2CCCN2)C1)c1cccc(F)c1. The number of hydrogen-bond donors (Lipinski definition) is 2. The molecule has 0 radical (unpaired) electrons. The van der Waals surface area contributed by atoms with Gasteiger partial charge in [-0.3, -0.25) is 9.59 Å². The summed E-state index contributed by atoms with van der Waals surface area (Å²) in [7, 11) is 0. The van der Waals surface area contributed by atoms with Gasteiger partial charge >= 0.3 is 0 Å². The van der Waals surface area contributed by atoms with Gasteiger partial charge in [0.15, 0.2) is 0 Å². The van der Waals surface area contributed by atoms with Crippen molar-refractivity contribution in [2.24, 2.45) is 5.92 Å². The van der Waals surface area contributed by atoms with Crippen molar-refractivity contribution in [3.05, 3.63) is 35.6 Å². The molecule has 0 saturated carbocycles. The lowest BCUT2D eigenvalue weighted by Crippen LogP contribution is -2.47. The molecule has 2 amide bonds. The van der Waals surface area contributed by atoms with Gasteiger partial charge in [-0.05, 0) is 62.8 Å². The lowest BCUT2D eigenvalue weighted by Gasteiger charge is -2.34. The molecular weight excluding hydrogens is 333 g/mol. The monoisotopic (exact) mass is 361 g/mol. The number of carbonyl (C=O) groups excluding carboxylic acids is 2. The maximum atomic E-state index is 13.4. The zero-order valence-electron chi connectivity index (χ0n) is 15.3. The average molecular weight is 361 g/mol. The molecule has 2 aliphatic rings. The largest absolute Gasteiger partial charge is 0.354 e. The Kier molecular flexibility index (Phi) is 6.25. The minimum atomic E-state index is -0.360. The highest BCUT2D eigenvalue weighted by molar-refractivity contribution is 5.83. The van der Waals surface area contributed by atoms with E-state index in [1.54, 1.807) is 12.1 Å². The van der Waals surface area contributed by atoms with Crippen molar-refractivity contribution >= 4 is 11.8 Å². The minimum absolute atomic E-state index is 0.0316. The topological polar surface area (TPSA) is 61.4 Å². The Morgan fingerprint density at radius 1 is 1.35 bits per heavy atom. The second kappa shape index (κ2) is 8.62. The third-order valence-electron chi connectivity index (χ3n) is 5.49. The van der Waals surface area contributed by atoms with Gasteiger partial charge in [-0.15, -0.1) is 0 Å². The van der Waals surface area contributed by atoms with E-state index in [-0.39, 0.29) is 35.5 Å². The average Bonchev–Trinajstić information content (AvgIpc) is 3.20. The van der Waals surface area contributed by atoms with Crippen LogP contribution >= 0.6 is 0 Å². The zero-order chi connectivity index (χ0) is 18.5. The van der Waals surface area contributed by atoms with Crippen LogP contribution in [0.25, 0.3) is 0 Å².